The predicted octanol–water partition coefficient (Wildman–Crippen LogP) is 4.05. The molecule has 21 heavy (non-hydrogen) atoms. The average Bonchev–Trinajstić information content (AvgIpc) is 2.94. The third-order valence-corrected chi connectivity index (χ3v) is 3.44. The van der Waals surface area contributed by atoms with Crippen LogP contribution in [-0.2, 0) is 0 Å². The van der Waals surface area contributed by atoms with E-state index in [0.717, 1.165) is 16.9 Å². The third kappa shape index (κ3) is 2.63. The number of para-hydroxylation sites is 1. The monoisotopic (exact) mass is 276 g/mol. The zero-order chi connectivity index (χ0) is 14.8. The molecule has 0 aliphatic heterocycles. The van der Waals surface area contributed by atoms with Crippen molar-refractivity contribution < 1.29 is 4.79 Å². The van der Waals surface area contributed by atoms with Gasteiger partial charge in [0.25, 0.3) is 0 Å². The molecule has 3 aromatic rings. The van der Waals surface area contributed by atoms with Gasteiger partial charge in [0, 0.05) is 11.8 Å². The molecule has 0 amide bonds. The molecule has 0 aliphatic carbocycles. The topological polar surface area (TPSA) is 34.9 Å². The molecule has 0 spiro atoms. The van der Waals surface area contributed by atoms with Crippen LogP contribution < -0.4 is 0 Å². The van der Waals surface area contributed by atoms with Gasteiger partial charge in [0.15, 0.2) is 5.78 Å². The predicted molar refractivity (Wildman–Crippen MR) is 83.7 cm³/mol. The molecule has 0 saturated carbocycles. The van der Waals surface area contributed by atoms with Gasteiger partial charge in [-0.15, -0.1) is 0 Å². The summed E-state index contributed by atoms with van der Waals surface area (Å²) in [6.45, 7) is 3.61. The summed E-state index contributed by atoms with van der Waals surface area (Å²) in [4.78, 5) is 11.9. The van der Waals surface area contributed by atoms with E-state index in [9.17, 15) is 4.79 Å². The van der Waals surface area contributed by atoms with E-state index in [0.29, 0.717) is 5.56 Å². The largest absolute Gasteiger partial charge is 0.294 e. The summed E-state index contributed by atoms with van der Waals surface area (Å²) in [6, 6.07) is 17.9. The van der Waals surface area contributed by atoms with Crippen LogP contribution in [0.5, 0.6) is 0 Å². The fourth-order valence-electron chi connectivity index (χ4n) is 2.27. The molecule has 2 aromatic carbocycles. The highest BCUT2D eigenvalue weighted by molar-refractivity contribution is 5.99. The van der Waals surface area contributed by atoms with Gasteiger partial charge >= 0.3 is 0 Å². The summed E-state index contributed by atoms with van der Waals surface area (Å²) in [5, 5.41) is 4.60. The number of rotatable bonds is 3. The van der Waals surface area contributed by atoms with Crippen LogP contribution in [0, 0.1) is 6.92 Å². The highest BCUT2D eigenvalue weighted by atomic mass is 16.1. The molecule has 3 rings (SSSR count). The molecule has 3 heteroatoms. The summed E-state index contributed by atoms with van der Waals surface area (Å²) in [5.74, 6) is 0.0211. The molecule has 1 heterocycles. The molecule has 1 aromatic heterocycles. The van der Waals surface area contributed by atoms with E-state index in [-0.39, 0.29) is 5.78 Å². The molecular formula is C18H16N2O. The van der Waals surface area contributed by atoms with Gasteiger partial charge < -0.3 is 0 Å². The standard InChI is InChI=1S/C18H16N2O/c1-13-8-10-15(11-9-13)18-17(14(2)21)12-20(19-18)16-6-4-3-5-7-16/h3-12H,1-2H3. The Hall–Kier alpha value is -2.68. The van der Waals surface area contributed by atoms with Crippen molar-refractivity contribution >= 4 is 5.78 Å². The first kappa shape index (κ1) is 13.3. The van der Waals surface area contributed by atoms with Gasteiger partial charge in [-0.1, -0.05) is 48.0 Å². The van der Waals surface area contributed by atoms with Crippen LogP contribution in [0.25, 0.3) is 16.9 Å². The lowest BCUT2D eigenvalue weighted by Gasteiger charge is -2.01. The second-order valence-corrected chi connectivity index (χ2v) is 5.09. The maximum absolute atomic E-state index is 11.9. The van der Waals surface area contributed by atoms with Gasteiger partial charge in [0.2, 0.25) is 0 Å². The van der Waals surface area contributed by atoms with Gasteiger partial charge in [-0.25, -0.2) is 4.68 Å². The number of hydrogen-bond acceptors (Lipinski definition) is 2. The summed E-state index contributed by atoms with van der Waals surface area (Å²) >= 11 is 0. The van der Waals surface area contributed by atoms with Crippen LogP contribution in [0.1, 0.15) is 22.8 Å². The van der Waals surface area contributed by atoms with Crippen molar-refractivity contribution in [2.24, 2.45) is 0 Å². The number of aryl methyl sites for hydroxylation is 1. The molecule has 0 bridgehead atoms. The summed E-state index contributed by atoms with van der Waals surface area (Å²) in [7, 11) is 0. The van der Waals surface area contributed by atoms with Gasteiger partial charge in [0.05, 0.1) is 11.3 Å². The van der Waals surface area contributed by atoms with Crippen LogP contribution in [0.3, 0.4) is 0 Å². The first-order valence-electron chi connectivity index (χ1n) is 6.88. The number of benzene rings is 2. The number of aromatic nitrogens is 2. The highest BCUT2D eigenvalue weighted by Gasteiger charge is 2.15. The number of carbonyl (C=O) groups is 1. The lowest BCUT2D eigenvalue weighted by atomic mass is 10.0. The Morgan fingerprint density at radius 2 is 1.67 bits per heavy atom. The SMILES string of the molecule is CC(=O)c1cn(-c2ccccc2)nc1-c1ccc(C)cc1. The number of nitrogens with zero attached hydrogens (tertiary/aromatic N) is 2. The molecule has 104 valence electrons. The Morgan fingerprint density at radius 1 is 1.00 bits per heavy atom. The Labute approximate surface area is 123 Å². The number of Topliss-reactive ketones (excluding diaryl/α,β-unsaturated/α-hetero) is 1. The minimum Gasteiger partial charge on any atom is -0.294 e. The first-order chi connectivity index (χ1) is 10.1. The van der Waals surface area contributed by atoms with Crippen molar-refractivity contribution in [2.75, 3.05) is 0 Å². The van der Waals surface area contributed by atoms with Crippen LogP contribution in [0.4, 0.5) is 0 Å². The quantitative estimate of drug-likeness (QED) is 0.676. The van der Waals surface area contributed by atoms with Crippen molar-refractivity contribution in [3.05, 3.63) is 71.9 Å². The maximum Gasteiger partial charge on any atom is 0.163 e. The molecule has 0 fully saturated rings. The second-order valence-electron chi connectivity index (χ2n) is 5.09. The molecule has 0 atom stereocenters. The van der Waals surface area contributed by atoms with E-state index in [2.05, 4.69) is 5.10 Å². The number of carbonyl (C=O) groups excluding carboxylic acids is 1. The average molecular weight is 276 g/mol. The van der Waals surface area contributed by atoms with Crippen LogP contribution in [-0.4, -0.2) is 15.6 Å². The molecule has 0 N–H and O–H groups in total. The van der Waals surface area contributed by atoms with E-state index in [1.54, 1.807) is 17.8 Å². The molecule has 0 aliphatic rings. The smallest absolute Gasteiger partial charge is 0.163 e. The van der Waals surface area contributed by atoms with Gasteiger partial charge in [-0.3, -0.25) is 4.79 Å². The lowest BCUT2D eigenvalue weighted by molar-refractivity contribution is 0.101. The van der Waals surface area contributed by atoms with Crippen LogP contribution in [0.15, 0.2) is 60.8 Å². The summed E-state index contributed by atoms with van der Waals surface area (Å²) in [5.41, 5.74) is 4.46. The molecule has 0 saturated heterocycles. The van der Waals surface area contributed by atoms with Crippen molar-refractivity contribution in [3.8, 4) is 16.9 Å². The van der Waals surface area contributed by atoms with Crippen molar-refractivity contribution in [2.45, 2.75) is 13.8 Å². The van der Waals surface area contributed by atoms with Crippen molar-refractivity contribution in [1.82, 2.24) is 9.78 Å². The Morgan fingerprint density at radius 3 is 2.29 bits per heavy atom. The summed E-state index contributed by atoms with van der Waals surface area (Å²) < 4.78 is 1.76. The van der Waals surface area contributed by atoms with Crippen LogP contribution in [0.2, 0.25) is 0 Å². The third-order valence-electron chi connectivity index (χ3n) is 3.44. The van der Waals surface area contributed by atoms with E-state index in [4.69, 9.17) is 0 Å². The number of ketones is 1. The zero-order valence-electron chi connectivity index (χ0n) is 12.1. The fraction of sp³-hybridized carbons (Fsp3) is 0.111. The fourth-order valence-corrected chi connectivity index (χ4v) is 2.27. The molecule has 0 unspecified atom stereocenters. The Kier molecular flexibility index (Phi) is 3.40. The van der Waals surface area contributed by atoms with Crippen LogP contribution >= 0.6 is 0 Å². The minimum atomic E-state index is 0.0211. The Bertz CT molecular complexity index is 771. The van der Waals surface area contributed by atoms with Gasteiger partial charge in [0.1, 0.15) is 5.69 Å². The first-order valence-corrected chi connectivity index (χ1v) is 6.88. The van der Waals surface area contributed by atoms with Gasteiger partial charge in [-0.05, 0) is 26.0 Å². The van der Waals surface area contributed by atoms with E-state index >= 15 is 0 Å². The minimum absolute atomic E-state index is 0.0211. The van der Waals surface area contributed by atoms with E-state index in [1.807, 2.05) is 61.5 Å². The number of hydrogen-bond donors (Lipinski definition) is 0. The second kappa shape index (κ2) is 5.37. The molecular weight excluding hydrogens is 260 g/mol. The van der Waals surface area contributed by atoms with Crippen molar-refractivity contribution in [1.29, 1.82) is 0 Å². The highest BCUT2D eigenvalue weighted by Crippen LogP contribution is 2.24. The maximum atomic E-state index is 11.9. The normalized spacial score (nSPS) is 10.6. The lowest BCUT2D eigenvalue weighted by Crippen LogP contribution is -1.93. The molecule has 0 radical (unpaired) electrons. The van der Waals surface area contributed by atoms with E-state index in [1.165, 1.54) is 5.56 Å². The van der Waals surface area contributed by atoms with Crippen molar-refractivity contribution in [3.63, 3.8) is 0 Å². The molecule has 3 nitrogen and oxygen atoms in total. The van der Waals surface area contributed by atoms with E-state index < -0.39 is 0 Å². The zero-order valence-corrected chi connectivity index (χ0v) is 12.1. The van der Waals surface area contributed by atoms with Gasteiger partial charge in [-0.2, -0.15) is 5.10 Å². The Balaban J connectivity index is 2.14. The summed E-state index contributed by atoms with van der Waals surface area (Å²) in [6.07, 6.45) is 1.80.